The number of rotatable bonds is 6. The van der Waals surface area contributed by atoms with Gasteiger partial charge in [-0.15, -0.1) is 0 Å². The molecular weight excluding hydrogens is 246 g/mol. The van der Waals surface area contributed by atoms with Crippen LogP contribution in [-0.4, -0.2) is 18.2 Å². The van der Waals surface area contributed by atoms with Gasteiger partial charge in [-0.05, 0) is 29.2 Å². The van der Waals surface area contributed by atoms with Crippen molar-refractivity contribution in [1.29, 1.82) is 0 Å². The summed E-state index contributed by atoms with van der Waals surface area (Å²) >= 11 is 0. The van der Waals surface area contributed by atoms with Crippen molar-refractivity contribution in [2.75, 3.05) is 0 Å². The molecule has 0 radical (unpaired) electrons. The van der Waals surface area contributed by atoms with Gasteiger partial charge in [0.25, 0.3) is 0 Å². The lowest BCUT2D eigenvalue weighted by molar-refractivity contribution is 0.561. The van der Waals surface area contributed by atoms with E-state index in [2.05, 4.69) is 15.0 Å². The number of hydrogen-bond acceptors (Lipinski definition) is 6. The molecule has 0 saturated heterocycles. The third-order valence-corrected chi connectivity index (χ3v) is 2.68. The number of isocyanates is 3. The van der Waals surface area contributed by atoms with Gasteiger partial charge in [0.1, 0.15) is 0 Å². The summed E-state index contributed by atoms with van der Waals surface area (Å²) in [5, 5.41) is 0. The fourth-order valence-corrected chi connectivity index (χ4v) is 1.76. The molecule has 0 fully saturated rings. The third-order valence-electron chi connectivity index (χ3n) is 2.68. The van der Waals surface area contributed by atoms with E-state index in [1.807, 2.05) is 13.0 Å². The Morgan fingerprint density at radius 1 is 0.842 bits per heavy atom. The number of carbonyl (C=O) groups excluding carboxylic acids is 3. The number of aryl methyl sites for hydroxylation is 1. The Bertz CT molecular complexity index is 606. The predicted molar refractivity (Wildman–Crippen MR) is 66.7 cm³/mol. The lowest BCUT2D eigenvalue weighted by atomic mass is 9.96. The van der Waals surface area contributed by atoms with Crippen molar-refractivity contribution >= 4 is 18.2 Å². The van der Waals surface area contributed by atoms with Gasteiger partial charge in [-0.1, -0.05) is 12.1 Å². The van der Waals surface area contributed by atoms with E-state index >= 15 is 0 Å². The molecule has 0 aliphatic carbocycles. The Labute approximate surface area is 109 Å². The molecule has 0 amide bonds. The van der Waals surface area contributed by atoms with Crippen LogP contribution in [0.5, 0.6) is 0 Å². The quantitative estimate of drug-likeness (QED) is 0.571. The smallest absolute Gasteiger partial charge is 0.211 e. The molecule has 0 heterocycles. The zero-order valence-electron chi connectivity index (χ0n) is 10.3. The molecule has 0 bridgehead atoms. The topological polar surface area (TPSA) is 88.3 Å². The zero-order valence-corrected chi connectivity index (χ0v) is 10.3. The maximum atomic E-state index is 10.3. The van der Waals surface area contributed by atoms with E-state index in [4.69, 9.17) is 0 Å². The van der Waals surface area contributed by atoms with Crippen LogP contribution in [0.2, 0.25) is 0 Å². The fraction of sp³-hybridized carbons (Fsp3) is 0.308. The van der Waals surface area contributed by atoms with Gasteiger partial charge in [-0.25, -0.2) is 29.4 Å². The SMILES string of the molecule is Cc1ccc(CN=C=O)c(CN=C=O)c1CN=C=O. The van der Waals surface area contributed by atoms with Gasteiger partial charge in [0.05, 0.1) is 19.6 Å². The molecule has 0 atom stereocenters. The highest BCUT2D eigenvalue weighted by Gasteiger charge is 2.10. The van der Waals surface area contributed by atoms with Crippen LogP contribution in [-0.2, 0) is 34.0 Å². The molecule has 1 aromatic carbocycles. The lowest BCUT2D eigenvalue weighted by Gasteiger charge is -2.12. The summed E-state index contributed by atoms with van der Waals surface area (Å²) in [6.45, 7) is 2.26. The first kappa shape index (κ1) is 14.4. The molecule has 0 saturated carbocycles. The Balaban J connectivity index is 3.33. The maximum absolute atomic E-state index is 10.3. The van der Waals surface area contributed by atoms with E-state index < -0.39 is 0 Å². The van der Waals surface area contributed by atoms with Crippen LogP contribution in [0.3, 0.4) is 0 Å². The molecule has 0 aliphatic heterocycles. The summed E-state index contributed by atoms with van der Waals surface area (Å²) in [6.07, 6.45) is 4.39. The van der Waals surface area contributed by atoms with Gasteiger partial charge < -0.3 is 0 Å². The largest absolute Gasteiger partial charge is 0.235 e. The molecular formula is C13H11N3O3. The van der Waals surface area contributed by atoms with Crippen LogP contribution in [0, 0.1) is 6.92 Å². The molecule has 6 nitrogen and oxygen atoms in total. The van der Waals surface area contributed by atoms with Gasteiger partial charge in [0, 0.05) is 0 Å². The minimum Gasteiger partial charge on any atom is -0.211 e. The molecule has 0 aromatic heterocycles. The second kappa shape index (κ2) is 7.64. The van der Waals surface area contributed by atoms with E-state index in [1.165, 1.54) is 18.2 Å². The average Bonchev–Trinajstić information content (AvgIpc) is 2.42. The first-order chi connectivity index (χ1) is 9.24. The summed E-state index contributed by atoms with van der Waals surface area (Å²) in [5.41, 5.74) is 3.15. The summed E-state index contributed by atoms with van der Waals surface area (Å²) in [4.78, 5) is 41.2. The van der Waals surface area contributed by atoms with Crippen molar-refractivity contribution in [2.45, 2.75) is 26.6 Å². The Kier molecular flexibility index (Phi) is 5.80. The van der Waals surface area contributed by atoms with Crippen LogP contribution in [0.4, 0.5) is 0 Å². The van der Waals surface area contributed by atoms with Crippen molar-refractivity contribution in [1.82, 2.24) is 0 Å². The van der Waals surface area contributed by atoms with Crippen LogP contribution < -0.4 is 0 Å². The molecule has 0 unspecified atom stereocenters. The average molecular weight is 257 g/mol. The number of hydrogen-bond donors (Lipinski definition) is 0. The van der Waals surface area contributed by atoms with Crippen molar-refractivity contribution in [2.24, 2.45) is 15.0 Å². The van der Waals surface area contributed by atoms with Crippen LogP contribution in [0.15, 0.2) is 27.1 Å². The van der Waals surface area contributed by atoms with Gasteiger partial charge in [0.2, 0.25) is 18.2 Å². The number of benzene rings is 1. The second-order valence-electron chi connectivity index (χ2n) is 3.72. The zero-order chi connectivity index (χ0) is 14.1. The first-order valence-electron chi connectivity index (χ1n) is 5.45. The number of nitrogens with zero attached hydrogens (tertiary/aromatic N) is 3. The maximum Gasteiger partial charge on any atom is 0.235 e. The highest BCUT2D eigenvalue weighted by Crippen LogP contribution is 2.22. The molecule has 1 aromatic rings. The van der Waals surface area contributed by atoms with Crippen molar-refractivity contribution < 1.29 is 14.4 Å². The second-order valence-corrected chi connectivity index (χ2v) is 3.72. The molecule has 0 aliphatic rings. The summed E-state index contributed by atoms with van der Waals surface area (Å²) in [7, 11) is 0. The van der Waals surface area contributed by atoms with Crippen LogP contribution >= 0.6 is 0 Å². The monoisotopic (exact) mass is 257 g/mol. The summed E-state index contributed by atoms with van der Waals surface area (Å²) in [5.74, 6) is 0. The van der Waals surface area contributed by atoms with E-state index in [-0.39, 0.29) is 19.6 Å². The lowest BCUT2D eigenvalue weighted by Crippen LogP contribution is -2.01. The highest BCUT2D eigenvalue weighted by molar-refractivity contribution is 5.44. The molecule has 96 valence electrons. The van der Waals surface area contributed by atoms with E-state index in [9.17, 15) is 14.4 Å². The first-order valence-corrected chi connectivity index (χ1v) is 5.45. The fourth-order valence-electron chi connectivity index (χ4n) is 1.76. The van der Waals surface area contributed by atoms with Gasteiger partial charge in [-0.2, -0.15) is 0 Å². The minimum atomic E-state index is 0.110. The van der Waals surface area contributed by atoms with E-state index in [1.54, 1.807) is 6.07 Å². The molecule has 19 heavy (non-hydrogen) atoms. The minimum absolute atomic E-state index is 0.110. The Morgan fingerprint density at radius 2 is 1.37 bits per heavy atom. The van der Waals surface area contributed by atoms with E-state index in [0.717, 1.165) is 22.3 Å². The molecule has 1 rings (SSSR count). The number of aliphatic imine (C=N–C) groups is 3. The normalized spacial score (nSPS) is 8.89. The Hall–Kier alpha value is -2.64. The summed E-state index contributed by atoms with van der Waals surface area (Å²) < 4.78 is 0. The molecule has 0 spiro atoms. The third kappa shape index (κ3) is 3.95. The Morgan fingerprint density at radius 3 is 1.95 bits per heavy atom. The highest BCUT2D eigenvalue weighted by atomic mass is 16.1. The van der Waals surface area contributed by atoms with Gasteiger partial charge >= 0.3 is 0 Å². The van der Waals surface area contributed by atoms with Crippen molar-refractivity contribution in [3.8, 4) is 0 Å². The molecule has 0 N–H and O–H groups in total. The van der Waals surface area contributed by atoms with E-state index in [0.29, 0.717) is 0 Å². The predicted octanol–water partition coefficient (Wildman–Crippen LogP) is 1.50. The van der Waals surface area contributed by atoms with Crippen LogP contribution in [0.25, 0.3) is 0 Å². The standard InChI is InChI=1S/C13H11N3O3/c1-10-2-3-11(4-14-7-17)13(6-16-9-19)12(10)5-15-8-18/h2-3H,4-6H2,1H3. The summed E-state index contributed by atoms with van der Waals surface area (Å²) in [6, 6.07) is 3.62. The van der Waals surface area contributed by atoms with Gasteiger partial charge in [-0.3, -0.25) is 0 Å². The molecule has 6 heteroatoms. The van der Waals surface area contributed by atoms with Gasteiger partial charge in [0.15, 0.2) is 0 Å². The van der Waals surface area contributed by atoms with Crippen molar-refractivity contribution in [3.63, 3.8) is 0 Å². The van der Waals surface area contributed by atoms with Crippen LogP contribution in [0.1, 0.15) is 22.3 Å². The van der Waals surface area contributed by atoms with Crippen molar-refractivity contribution in [3.05, 3.63) is 34.4 Å².